The molecule has 1 aliphatic rings. The molecular formula is C20H22N4OS. The largest absolute Gasteiger partial charge is 0.497 e. The third-order valence-electron chi connectivity index (χ3n) is 4.47. The Bertz CT molecular complexity index is 792. The fraction of sp³-hybridized carbons (Fsp3) is 0.300. The molecule has 134 valence electrons. The first-order chi connectivity index (χ1) is 12.7. The monoisotopic (exact) mass is 366 g/mol. The van der Waals surface area contributed by atoms with Crippen LogP contribution in [-0.2, 0) is 6.54 Å². The number of hydrogen-bond acceptors (Lipinski definition) is 4. The van der Waals surface area contributed by atoms with E-state index in [9.17, 15) is 0 Å². The van der Waals surface area contributed by atoms with Crippen molar-refractivity contribution in [3.8, 4) is 11.8 Å². The maximum Gasteiger partial charge on any atom is 0.173 e. The minimum absolute atomic E-state index is 0.701. The molecule has 0 bridgehead atoms. The molecule has 2 aromatic rings. The van der Waals surface area contributed by atoms with Gasteiger partial charge in [-0.2, -0.15) is 5.26 Å². The number of piperazine rings is 1. The number of thiocarbonyl (C=S) groups is 1. The Morgan fingerprint density at radius 1 is 1.15 bits per heavy atom. The normalized spacial score (nSPS) is 14.5. The van der Waals surface area contributed by atoms with E-state index in [1.807, 2.05) is 48.5 Å². The molecule has 0 atom stereocenters. The van der Waals surface area contributed by atoms with Gasteiger partial charge in [-0.3, -0.25) is 4.90 Å². The average Bonchev–Trinajstić information content (AvgIpc) is 2.69. The highest BCUT2D eigenvalue weighted by molar-refractivity contribution is 7.80. The molecule has 0 saturated carbocycles. The third-order valence-corrected chi connectivity index (χ3v) is 4.83. The SMILES string of the molecule is COc1cccc(NC(=S)N2CCN(Cc3ccc(C#N)cc3)CC2)c1. The van der Waals surface area contributed by atoms with E-state index in [1.54, 1.807) is 7.11 Å². The van der Waals surface area contributed by atoms with E-state index in [1.165, 1.54) is 5.56 Å². The van der Waals surface area contributed by atoms with Crippen molar-refractivity contribution in [1.82, 2.24) is 9.80 Å². The maximum atomic E-state index is 8.88. The van der Waals surface area contributed by atoms with Crippen LogP contribution >= 0.6 is 12.2 Å². The molecule has 0 aliphatic carbocycles. The van der Waals surface area contributed by atoms with Gasteiger partial charge in [0, 0.05) is 44.5 Å². The van der Waals surface area contributed by atoms with E-state index < -0.39 is 0 Å². The predicted molar refractivity (Wildman–Crippen MR) is 107 cm³/mol. The van der Waals surface area contributed by atoms with Gasteiger partial charge in [-0.15, -0.1) is 0 Å². The molecule has 1 saturated heterocycles. The summed E-state index contributed by atoms with van der Waals surface area (Å²) in [6.45, 7) is 4.60. The molecule has 1 N–H and O–H groups in total. The van der Waals surface area contributed by atoms with Crippen LogP contribution in [0.1, 0.15) is 11.1 Å². The number of nitriles is 1. The number of hydrogen-bond donors (Lipinski definition) is 1. The number of nitrogens with zero attached hydrogens (tertiary/aromatic N) is 3. The van der Waals surface area contributed by atoms with Crippen LogP contribution in [0.2, 0.25) is 0 Å². The highest BCUT2D eigenvalue weighted by atomic mass is 32.1. The first-order valence-electron chi connectivity index (χ1n) is 8.59. The van der Waals surface area contributed by atoms with Gasteiger partial charge in [0.25, 0.3) is 0 Å². The van der Waals surface area contributed by atoms with E-state index in [2.05, 4.69) is 21.2 Å². The first-order valence-corrected chi connectivity index (χ1v) is 9.00. The summed E-state index contributed by atoms with van der Waals surface area (Å²) in [6.07, 6.45) is 0. The summed E-state index contributed by atoms with van der Waals surface area (Å²) in [5.74, 6) is 0.810. The van der Waals surface area contributed by atoms with Crippen molar-refractivity contribution in [2.24, 2.45) is 0 Å². The molecule has 0 unspecified atom stereocenters. The van der Waals surface area contributed by atoms with Gasteiger partial charge in [0.2, 0.25) is 0 Å². The second-order valence-corrected chi connectivity index (χ2v) is 6.62. The summed E-state index contributed by atoms with van der Waals surface area (Å²) >= 11 is 5.56. The second-order valence-electron chi connectivity index (χ2n) is 6.23. The lowest BCUT2D eigenvalue weighted by Crippen LogP contribution is -2.49. The van der Waals surface area contributed by atoms with Crippen LogP contribution in [0.25, 0.3) is 0 Å². The van der Waals surface area contributed by atoms with Gasteiger partial charge >= 0.3 is 0 Å². The standard InChI is InChI=1S/C20H22N4OS/c1-25-19-4-2-3-18(13-19)22-20(26)24-11-9-23(10-12-24)15-17-7-5-16(14-21)6-8-17/h2-8,13H,9-12,15H2,1H3,(H,22,26). The van der Waals surface area contributed by atoms with Crippen molar-refractivity contribution < 1.29 is 4.74 Å². The molecule has 1 fully saturated rings. The Balaban J connectivity index is 1.49. The lowest BCUT2D eigenvalue weighted by Gasteiger charge is -2.36. The third kappa shape index (κ3) is 4.72. The van der Waals surface area contributed by atoms with Crippen molar-refractivity contribution >= 4 is 23.0 Å². The van der Waals surface area contributed by atoms with E-state index in [-0.39, 0.29) is 0 Å². The Morgan fingerprint density at radius 2 is 1.88 bits per heavy atom. The lowest BCUT2D eigenvalue weighted by molar-refractivity contribution is 0.177. The minimum Gasteiger partial charge on any atom is -0.497 e. The van der Waals surface area contributed by atoms with Gasteiger partial charge in [-0.25, -0.2) is 0 Å². The summed E-state index contributed by atoms with van der Waals surface area (Å²) in [7, 11) is 1.66. The van der Waals surface area contributed by atoms with Crippen LogP contribution in [0.15, 0.2) is 48.5 Å². The van der Waals surface area contributed by atoms with Crippen LogP contribution < -0.4 is 10.1 Å². The van der Waals surface area contributed by atoms with Gasteiger partial charge in [-0.05, 0) is 42.0 Å². The zero-order valence-electron chi connectivity index (χ0n) is 14.8. The van der Waals surface area contributed by atoms with E-state index in [0.29, 0.717) is 5.56 Å². The fourth-order valence-corrected chi connectivity index (χ4v) is 3.26. The number of rotatable bonds is 4. The van der Waals surface area contributed by atoms with Crippen molar-refractivity contribution in [3.63, 3.8) is 0 Å². The molecule has 0 amide bonds. The van der Waals surface area contributed by atoms with Gasteiger partial charge in [0.05, 0.1) is 18.7 Å². The molecule has 0 radical (unpaired) electrons. The Kier molecular flexibility index (Phi) is 6.05. The zero-order valence-corrected chi connectivity index (χ0v) is 15.6. The zero-order chi connectivity index (χ0) is 18.4. The Hall–Kier alpha value is -2.62. The summed E-state index contributed by atoms with van der Waals surface area (Å²) in [4.78, 5) is 4.61. The number of benzene rings is 2. The summed E-state index contributed by atoms with van der Waals surface area (Å²) in [5.41, 5.74) is 2.87. The summed E-state index contributed by atoms with van der Waals surface area (Å²) in [5, 5.41) is 12.9. The topological polar surface area (TPSA) is 51.5 Å². The maximum absolute atomic E-state index is 8.88. The number of anilines is 1. The Morgan fingerprint density at radius 3 is 2.54 bits per heavy atom. The van der Waals surface area contributed by atoms with E-state index in [0.717, 1.165) is 49.3 Å². The van der Waals surface area contributed by atoms with Gasteiger partial charge in [-0.1, -0.05) is 18.2 Å². The average molecular weight is 366 g/mol. The molecule has 5 nitrogen and oxygen atoms in total. The molecule has 1 heterocycles. The molecule has 1 aliphatic heterocycles. The Labute approximate surface area is 159 Å². The predicted octanol–water partition coefficient (Wildman–Crippen LogP) is 3.08. The first kappa shape index (κ1) is 18.2. The van der Waals surface area contributed by atoms with Crippen LogP contribution in [0.3, 0.4) is 0 Å². The van der Waals surface area contributed by atoms with Crippen LogP contribution in [0.5, 0.6) is 5.75 Å². The van der Waals surface area contributed by atoms with Crippen molar-refractivity contribution in [2.75, 3.05) is 38.6 Å². The van der Waals surface area contributed by atoms with Crippen molar-refractivity contribution in [1.29, 1.82) is 5.26 Å². The molecule has 3 rings (SSSR count). The number of nitrogens with one attached hydrogen (secondary N) is 1. The molecule has 6 heteroatoms. The van der Waals surface area contributed by atoms with Gasteiger partial charge in [0.15, 0.2) is 5.11 Å². The molecule has 26 heavy (non-hydrogen) atoms. The highest BCUT2D eigenvalue weighted by Gasteiger charge is 2.19. The van der Waals surface area contributed by atoms with Crippen LogP contribution in [0.4, 0.5) is 5.69 Å². The fourth-order valence-electron chi connectivity index (χ4n) is 2.96. The van der Waals surface area contributed by atoms with Crippen molar-refractivity contribution in [2.45, 2.75) is 6.54 Å². The van der Waals surface area contributed by atoms with Crippen molar-refractivity contribution in [3.05, 3.63) is 59.7 Å². The summed E-state index contributed by atoms with van der Waals surface area (Å²) in [6, 6.07) is 17.7. The van der Waals surface area contributed by atoms with Gasteiger partial charge < -0.3 is 15.0 Å². The molecule has 2 aromatic carbocycles. The number of methoxy groups -OCH3 is 1. The smallest absolute Gasteiger partial charge is 0.173 e. The minimum atomic E-state index is 0.701. The van der Waals surface area contributed by atoms with Crippen LogP contribution in [-0.4, -0.2) is 48.2 Å². The molecule has 0 spiro atoms. The van der Waals surface area contributed by atoms with Gasteiger partial charge in [0.1, 0.15) is 5.75 Å². The number of ether oxygens (including phenoxy) is 1. The second kappa shape index (κ2) is 8.65. The highest BCUT2D eigenvalue weighted by Crippen LogP contribution is 2.18. The molecule has 0 aromatic heterocycles. The van der Waals surface area contributed by atoms with E-state index in [4.69, 9.17) is 22.2 Å². The lowest BCUT2D eigenvalue weighted by atomic mass is 10.1. The quantitative estimate of drug-likeness (QED) is 0.840. The van der Waals surface area contributed by atoms with Crippen LogP contribution in [0, 0.1) is 11.3 Å². The summed E-state index contributed by atoms with van der Waals surface area (Å²) < 4.78 is 5.25. The molecular weight excluding hydrogens is 344 g/mol. The van der Waals surface area contributed by atoms with E-state index >= 15 is 0 Å².